The van der Waals surface area contributed by atoms with Gasteiger partial charge in [0.1, 0.15) is 21.7 Å². The summed E-state index contributed by atoms with van der Waals surface area (Å²) < 4.78 is 10.7. The van der Waals surface area contributed by atoms with E-state index in [1.54, 1.807) is 7.11 Å². The molecule has 1 saturated heterocycles. The van der Waals surface area contributed by atoms with Gasteiger partial charge in [0.05, 0.1) is 13.7 Å². The fourth-order valence-corrected chi connectivity index (χ4v) is 7.72. The van der Waals surface area contributed by atoms with Gasteiger partial charge in [-0.2, -0.15) is 0 Å². The quantitative estimate of drug-likeness (QED) is 0.512. The highest BCUT2D eigenvalue weighted by Gasteiger charge is 2.43. The highest BCUT2D eigenvalue weighted by molar-refractivity contribution is 8.18. The van der Waals surface area contributed by atoms with E-state index in [2.05, 4.69) is 42.5 Å². The molecule has 1 N–H and O–H groups in total. The molecule has 0 radical (unpaired) electrons. The third-order valence-corrected chi connectivity index (χ3v) is 9.45. The summed E-state index contributed by atoms with van der Waals surface area (Å²) in [6, 6.07) is 22.9. The van der Waals surface area contributed by atoms with Crippen molar-refractivity contribution in [3.8, 4) is 22.6 Å². The van der Waals surface area contributed by atoms with Crippen LogP contribution in [0.2, 0.25) is 0 Å². The van der Waals surface area contributed by atoms with Crippen molar-refractivity contribution in [2.24, 2.45) is 0 Å². The molecule has 1 fully saturated rings. The third-order valence-electron chi connectivity index (χ3n) is 5.98. The van der Waals surface area contributed by atoms with Crippen LogP contribution in [-0.2, 0) is 10.5 Å². The Morgan fingerprint density at radius 3 is 2.55 bits per heavy atom. The first-order valence-electron chi connectivity index (χ1n) is 10.7. The standard InChI is InChI=1S/C26H26O3S2/c1-28-23-8-3-6-19(17-23)18-5-2-7-22(16-18)26(30-13-4-14-31-26)25(27)21-9-10-24-20(15-21)11-12-29-24/h2-3,5-10,15-17,25,27H,4,11-14H2,1H3. The number of hydrogen-bond acceptors (Lipinski definition) is 5. The van der Waals surface area contributed by atoms with Gasteiger partial charge in [-0.05, 0) is 76.1 Å². The van der Waals surface area contributed by atoms with Crippen molar-refractivity contribution in [1.29, 1.82) is 0 Å². The summed E-state index contributed by atoms with van der Waals surface area (Å²) in [5.41, 5.74) is 5.58. The molecule has 0 aromatic heterocycles. The molecule has 0 bridgehead atoms. The van der Waals surface area contributed by atoms with Crippen molar-refractivity contribution < 1.29 is 14.6 Å². The summed E-state index contributed by atoms with van der Waals surface area (Å²) in [5.74, 6) is 3.89. The summed E-state index contributed by atoms with van der Waals surface area (Å²) in [7, 11) is 1.69. The fourth-order valence-electron chi connectivity index (χ4n) is 4.34. The van der Waals surface area contributed by atoms with E-state index in [1.807, 2.05) is 47.8 Å². The van der Waals surface area contributed by atoms with Crippen LogP contribution in [0.15, 0.2) is 66.7 Å². The second kappa shape index (κ2) is 8.81. The molecule has 1 atom stereocenters. The van der Waals surface area contributed by atoms with Crippen molar-refractivity contribution in [3.63, 3.8) is 0 Å². The van der Waals surface area contributed by atoms with Crippen molar-refractivity contribution in [2.75, 3.05) is 25.2 Å². The first-order valence-corrected chi connectivity index (χ1v) is 12.6. The van der Waals surface area contributed by atoms with Crippen molar-refractivity contribution in [3.05, 3.63) is 83.4 Å². The van der Waals surface area contributed by atoms with Crippen LogP contribution in [0.25, 0.3) is 11.1 Å². The Morgan fingerprint density at radius 2 is 1.74 bits per heavy atom. The SMILES string of the molecule is COc1cccc(-c2cccc(C3(C(O)c4ccc5c(c4)CCO5)SCCCS3)c2)c1. The molecule has 2 aliphatic heterocycles. The molecule has 3 nitrogen and oxygen atoms in total. The van der Waals surface area contributed by atoms with Crippen LogP contribution in [0.1, 0.15) is 29.2 Å². The highest BCUT2D eigenvalue weighted by Crippen LogP contribution is 2.58. The van der Waals surface area contributed by atoms with Crippen molar-refractivity contribution in [2.45, 2.75) is 23.0 Å². The first-order chi connectivity index (χ1) is 15.2. The third kappa shape index (κ3) is 3.95. The zero-order valence-corrected chi connectivity index (χ0v) is 19.2. The largest absolute Gasteiger partial charge is 0.497 e. The van der Waals surface area contributed by atoms with Gasteiger partial charge >= 0.3 is 0 Å². The van der Waals surface area contributed by atoms with Crippen LogP contribution < -0.4 is 9.47 Å². The Labute approximate surface area is 192 Å². The Hall–Kier alpha value is -2.08. The number of ether oxygens (including phenoxy) is 2. The molecule has 0 spiro atoms. The number of hydrogen-bond donors (Lipinski definition) is 1. The number of aliphatic hydroxyl groups is 1. The van der Waals surface area contributed by atoms with Crippen LogP contribution in [0.3, 0.4) is 0 Å². The van der Waals surface area contributed by atoms with E-state index < -0.39 is 10.2 Å². The van der Waals surface area contributed by atoms with Gasteiger partial charge in [-0.1, -0.05) is 36.4 Å². The van der Waals surface area contributed by atoms with Crippen LogP contribution in [-0.4, -0.2) is 30.3 Å². The van der Waals surface area contributed by atoms with E-state index in [0.717, 1.165) is 64.7 Å². The Morgan fingerprint density at radius 1 is 0.968 bits per heavy atom. The Kier molecular flexibility index (Phi) is 5.91. The number of rotatable bonds is 5. The first kappa shape index (κ1) is 20.8. The zero-order valence-electron chi connectivity index (χ0n) is 17.5. The van der Waals surface area contributed by atoms with Gasteiger partial charge in [0, 0.05) is 6.42 Å². The second-order valence-electron chi connectivity index (χ2n) is 7.90. The minimum atomic E-state index is -0.603. The van der Waals surface area contributed by atoms with E-state index >= 15 is 0 Å². The number of benzene rings is 3. The molecule has 0 amide bonds. The van der Waals surface area contributed by atoms with Crippen LogP contribution in [0.5, 0.6) is 11.5 Å². The molecule has 5 heteroatoms. The van der Waals surface area contributed by atoms with E-state index in [1.165, 1.54) is 5.56 Å². The zero-order chi connectivity index (χ0) is 21.3. The summed E-state index contributed by atoms with van der Waals surface area (Å²) in [6.07, 6.45) is 1.47. The molecule has 3 aromatic carbocycles. The lowest BCUT2D eigenvalue weighted by Gasteiger charge is -2.40. The van der Waals surface area contributed by atoms with E-state index in [9.17, 15) is 5.11 Å². The van der Waals surface area contributed by atoms with Crippen molar-refractivity contribution >= 4 is 23.5 Å². The summed E-state index contributed by atoms with van der Waals surface area (Å²) in [5, 5.41) is 11.7. The van der Waals surface area contributed by atoms with Crippen molar-refractivity contribution in [1.82, 2.24) is 0 Å². The predicted molar refractivity (Wildman–Crippen MR) is 130 cm³/mol. The lowest BCUT2D eigenvalue weighted by molar-refractivity contribution is 0.163. The molecule has 2 aliphatic rings. The minimum absolute atomic E-state index is 0.430. The van der Waals surface area contributed by atoms with E-state index in [-0.39, 0.29) is 0 Å². The van der Waals surface area contributed by atoms with E-state index in [0.29, 0.717) is 0 Å². The molecule has 160 valence electrons. The van der Waals surface area contributed by atoms with Gasteiger partial charge in [-0.25, -0.2) is 0 Å². The summed E-state index contributed by atoms with van der Waals surface area (Å²) in [4.78, 5) is 0. The molecule has 0 saturated carbocycles. The smallest absolute Gasteiger partial charge is 0.122 e. The lowest BCUT2D eigenvalue weighted by Crippen LogP contribution is -2.30. The molecule has 1 unspecified atom stereocenters. The number of thioether (sulfide) groups is 2. The maximum atomic E-state index is 11.7. The number of fused-ring (bicyclic) bond motifs is 1. The predicted octanol–water partition coefficient (Wildman–Crippen LogP) is 6.05. The minimum Gasteiger partial charge on any atom is -0.497 e. The summed E-state index contributed by atoms with van der Waals surface area (Å²) in [6.45, 7) is 0.728. The van der Waals surface area contributed by atoms with Gasteiger partial charge in [-0.15, -0.1) is 23.5 Å². The van der Waals surface area contributed by atoms with Gasteiger partial charge in [0.15, 0.2) is 0 Å². The van der Waals surface area contributed by atoms with E-state index in [4.69, 9.17) is 9.47 Å². The number of methoxy groups -OCH3 is 1. The Balaban J connectivity index is 1.55. The molecule has 3 aromatic rings. The average Bonchev–Trinajstić information content (AvgIpc) is 3.32. The average molecular weight is 451 g/mol. The fraction of sp³-hybridized carbons (Fsp3) is 0.308. The van der Waals surface area contributed by atoms with Gasteiger partial charge in [0.25, 0.3) is 0 Å². The molecular formula is C26H26O3S2. The normalized spacial score (nSPS) is 18.1. The molecular weight excluding hydrogens is 424 g/mol. The molecule has 5 rings (SSSR count). The molecule has 31 heavy (non-hydrogen) atoms. The Bertz CT molecular complexity index is 1080. The second-order valence-corrected chi connectivity index (χ2v) is 10.8. The maximum Gasteiger partial charge on any atom is 0.122 e. The van der Waals surface area contributed by atoms with Gasteiger partial charge in [-0.3, -0.25) is 0 Å². The van der Waals surface area contributed by atoms with Crippen LogP contribution in [0.4, 0.5) is 0 Å². The highest BCUT2D eigenvalue weighted by atomic mass is 32.2. The molecule has 0 aliphatic carbocycles. The number of aliphatic hydroxyl groups excluding tert-OH is 1. The lowest BCUT2D eigenvalue weighted by atomic mass is 9.95. The van der Waals surface area contributed by atoms with Crippen LogP contribution in [0, 0.1) is 0 Å². The summed E-state index contributed by atoms with van der Waals surface area (Å²) >= 11 is 3.74. The molecule has 2 heterocycles. The topological polar surface area (TPSA) is 38.7 Å². The van der Waals surface area contributed by atoms with Gasteiger partial charge < -0.3 is 14.6 Å². The van der Waals surface area contributed by atoms with Crippen LogP contribution >= 0.6 is 23.5 Å². The van der Waals surface area contributed by atoms with Gasteiger partial charge in [0.2, 0.25) is 0 Å². The maximum absolute atomic E-state index is 11.7. The monoisotopic (exact) mass is 450 g/mol.